The summed E-state index contributed by atoms with van der Waals surface area (Å²) in [6, 6.07) is 17.4. The third kappa shape index (κ3) is 3.45. The van der Waals surface area contributed by atoms with E-state index in [1.165, 1.54) is 16.0 Å². The lowest BCUT2D eigenvalue weighted by molar-refractivity contribution is 0.514. The Labute approximate surface area is 136 Å². The zero-order valence-corrected chi connectivity index (χ0v) is 13.8. The highest BCUT2D eigenvalue weighted by atomic mass is 35.5. The Balaban J connectivity index is 1.82. The highest BCUT2D eigenvalue weighted by Crippen LogP contribution is 2.42. The van der Waals surface area contributed by atoms with Gasteiger partial charge in [-0.2, -0.15) is 0 Å². The first-order valence-corrected chi connectivity index (χ1v) is 8.77. The van der Waals surface area contributed by atoms with Gasteiger partial charge in [-0.05, 0) is 48.7 Å². The summed E-state index contributed by atoms with van der Waals surface area (Å²) >= 11 is 8.03. The van der Waals surface area contributed by atoms with Crippen molar-refractivity contribution in [2.75, 3.05) is 6.54 Å². The SMILES string of the molecule is CCCNC(c1ccc(Cl)cc1)C1Cc2ccccc2S1. The van der Waals surface area contributed by atoms with Crippen molar-refractivity contribution in [3.63, 3.8) is 0 Å². The molecule has 1 heterocycles. The summed E-state index contributed by atoms with van der Waals surface area (Å²) in [5.41, 5.74) is 2.81. The second-order valence-electron chi connectivity index (χ2n) is 5.45. The molecule has 21 heavy (non-hydrogen) atoms. The van der Waals surface area contributed by atoms with E-state index in [1.54, 1.807) is 0 Å². The molecule has 110 valence electrons. The van der Waals surface area contributed by atoms with Crippen LogP contribution in [0.5, 0.6) is 0 Å². The molecule has 2 aromatic carbocycles. The van der Waals surface area contributed by atoms with Crippen molar-refractivity contribution in [3.8, 4) is 0 Å². The van der Waals surface area contributed by atoms with Gasteiger partial charge in [0.2, 0.25) is 0 Å². The van der Waals surface area contributed by atoms with Gasteiger partial charge in [0.15, 0.2) is 0 Å². The number of hydrogen-bond acceptors (Lipinski definition) is 2. The van der Waals surface area contributed by atoms with Crippen LogP contribution in [0.15, 0.2) is 53.4 Å². The summed E-state index contributed by atoms with van der Waals surface area (Å²) in [6.45, 7) is 3.25. The number of thioether (sulfide) groups is 1. The summed E-state index contributed by atoms with van der Waals surface area (Å²) in [5, 5.41) is 5.07. The van der Waals surface area contributed by atoms with Crippen LogP contribution in [0.4, 0.5) is 0 Å². The minimum absolute atomic E-state index is 0.375. The van der Waals surface area contributed by atoms with Crippen molar-refractivity contribution >= 4 is 23.4 Å². The molecule has 0 aromatic heterocycles. The Bertz CT molecular complexity index is 571. The molecule has 2 unspecified atom stereocenters. The average Bonchev–Trinajstić information content (AvgIpc) is 2.93. The fourth-order valence-corrected chi connectivity index (χ4v) is 4.39. The average molecular weight is 318 g/mol. The number of rotatable bonds is 5. The van der Waals surface area contributed by atoms with Crippen LogP contribution in [0, 0.1) is 0 Å². The van der Waals surface area contributed by atoms with Crippen molar-refractivity contribution < 1.29 is 0 Å². The van der Waals surface area contributed by atoms with E-state index in [4.69, 9.17) is 11.6 Å². The van der Waals surface area contributed by atoms with Gasteiger partial charge in [-0.1, -0.05) is 48.9 Å². The maximum Gasteiger partial charge on any atom is 0.0447 e. The summed E-state index contributed by atoms with van der Waals surface area (Å²) < 4.78 is 0. The van der Waals surface area contributed by atoms with Crippen molar-refractivity contribution in [2.45, 2.75) is 36.0 Å². The lowest BCUT2D eigenvalue weighted by atomic mass is 9.98. The van der Waals surface area contributed by atoms with Gasteiger partial charge in [-0.3, -0.25) is 0 Å². The topological polar surface area (TPSA) is 12.0 Å². The first-order valence-electron chi connectivity index (χ1n) is 7.51. The van der Waals surface area contributed by atoms with Gasteiger partial charge >= 0.3 is 0 Å². The molecule has 0 radical (unpaired) electrons. The van der Waals surface area contributed by atoms with Gasteiger partial charge in [-0.15, -0.1) is 11.8 Å². The monoisotopic (exact) mass is 317 g/mol. The molecular formula is C18H20ClNS. The third-order valence-electron chi connectivity index (χ3n) is 3.89. The number of hydrogen-bond donors (Lipinski definition) is 1. The van der Waals surface area contributed by atoms with E-state index < -0.39 is 0 Å². The summed E-state index contributed by atoms with van der Waals surface area (Å²) in [5.74, 6) is 0. The maximum absolute atomic E-state index is 6.03. The van der Waals surface area contributed by atoms with Crippen LogP contribution in [0.3, 0.4) is 0 Å². The van der Waals surface area contributed by atoms with Gasteiger partial charge in [0.25, 0.3) is 0 Å². The van der Waals surface area contributed by atoms with Crippen LogP contribution >= 0.6 is 23.4 Å². The van der Waals surface area contributed by atoms with Crippen LogP contribution in [0.2, 0.25) is 5.02 Å². The highest BCUT2D eigenvalue weighted by Gasteiger charge is 2.29. The van der Waals surface area contributed by atoms with Gasteiger partial charge < -0.3 is 5.32 Å². The maximum atomic E-state index is 6.03. The van der Waals surface area contributed by atoms with Crippen LogP contribution in [0.25, 0.3) is 0 Å². The Hall–Kier alpha value is -0.960. The zero-order valence-electron chi connectivity index (χ0n) is 12.2. The largest absolute Gasteiger partial charge is 0.309 e. The molecule has 3 rings (SSSR count). The molecule has 0 spiro atoms. The van der Waals surface area contributed by atoms with E-state index in [9.17, 15) is 0 Å². The van der Waals surface area contributed by atoms with Crippen molar-refractivity contribution in [2.24, 2.45) is 0 Å². The fraction of sp³-hybridized carbons (Fsp3) is 0.333. The quantitative estimate of drug-likeness (QED) is 0.823. The van der Waals surface area contributed by atoms with Crippen LogP contribution in [-0.4, -0.2) is 11.8 Å². The number of benzene rings is 2. The van der Waals surface area contributed by atoms with E-state index in [2.05, 4.69) is 48.6 Å². The van der Waals surface area contributed by atoms with Crippen LogP contribution < -0.4 is 5.32 Å². The lowest BCUT2D eigenvalue weighted by Gasteiger charge is -2.24. The number of halogens is 1. The molecule has 0 aliphatic carbocycles. The van der Waals surface area contributed by atoms with Crippen molar-refractivity contribution in [1.82, 2.24) is 5.32 Å². The Morgan fingerprint density at radius 2 is 1.95 bits per heavy atom. The lowest BCUT2D eigenvalue weighted by Crippen LogP contribution is -2.30. The number of fused-ring (bicyclic) bond motifs is 1. The third-order valence-corrected chi connectivity index (χ3v) is 5.53. The minimum Gasteiger partial charge on any atom is -0.309 e. The Morgan fingerprint density at radius 1 is 1.19 bits per heavy atom. The molecule has 2 atom stereocenters. The smallest absolute Gasteiger partial charge is 0.0447 e. The molecule has 1 N–H and O–H groups in total. The summed E-state index contributed by atoms with van der Waals surface area (Å²) in [7, 11) is 0. The van der Waals surface area contributed by atoms with Gasteiger partial charge in [0.1, 0.15) is 0 Å². The first kappa shape index (κ1) is 15.0. The molecule has 0 saturated carbocycles. The highest BCUT2D eigenvalue weighted by molar-refractivity contribution is 8.00. The van der Waals surface area contributed by atoms with E-state index in [0.717, 1.165) is 24.4 Å². The summed E-state index contributed by atoms with van der Waals surface area (Å²) in [4.78, 5) is 1.43. The predicted molar refractivity (Wildman–Crippen MR) is 92.3 cm³/mol. The minimum atomic E-state index is 0.375. The first-order chi connectivity index (χ1) is 10.3. The second-order valence-corrected chi connectivity index (χ2v) is 7.17. The number of nitrogens with one attached hydrogen (secondary N) is 1. The van der Waals surface area contributed by atoms with E-state index in [0.29, 0.717) is 11.3 Å². The summed E-state index contributed by atoms with van der Waals surface area (Å²) in [6.07, 6.45) is 2.28. The molecule has 0 fully saturated rings. The van der Waals surface area contributed by atoms with E-state index in [1.807, 2.05) is 23.9 Å². The van der Waals surface area contributed by atoms with Crippen molar-refractivity contribution in [1.29, 1.82) is 0 Å². The molecule has 3 heteroatoms. The normalized spacial score (nSPS) is 18.5. The van der Waals surface area contributed by atoms with Gasteiger partial charge in [0, 0.05) is 21.2 Å². The Morgan fingerprint density at radius 3 is 2.67 bits per heavy atom. The van der Waals surface area contributed by atoms with Crippen LogP contribution in [0.1, 0.15) is 30.5 Å². The Kier molecular flexibility index (Phi) is 4.89. The zero-order chi connectivity index (χ0) is 14.7. The van der Waals surface area contributed by atoms with Crippen molar-refractivity contribution in [3.05, 3.63) is 64.7 Å². The fourth-order valence-electron chi connectivity index (χ4n) is 2.83. The molecule has 0 bridgehead atoms. The van der Waals surface area contributed by atoms with E-state index in [-0.39, 0.29) is 0 Å². The second kappa shape index (κ2) is 6.87. The molecule has 0 saturated heterocycles. The molecule has 1 aliphatic heterocycles. The molecule has 2 aromatic rings. The molecule has 1 nitrogen and oxygen atoms in total. The van der Waals surface area contributed by atoms with E-state index >= 15 is 0 Å². The molecular weight excluding hydrogens is 298 g/mol. The van der Waals surface area contributed by atoms with Gasteiger partial charge in [0.05, 0.1) is 0 Å². The molecule has 0 amide bonds. The molecule has 1 aliphatic rings. The predicted octanol–water partition coefficient (Wildman–Crippen LogP) is 5.10. The van der Waals surface area contributed by atoms with Crippen LogP contribution in [-0.2, 0) is 6.42 Å². The van der Waals surface area contributed by atoms with Gasteiger partial charge in [-0.25, -0.2) is 0 Å². The standard InChI is InChI=1S/C18H20ClNS/c1-2-11-20-18(13-7-9-15(19)10-8-13)17-12-14-5-3-4-6-16(14)21-17/h3-10,17-18,20H,2,11-12H2,1H3.